The quantitative estimate of drug-likeness (QED) is 0.411. The first-order valence-electron chi connectivity index (χ1n) is 10.9. The topological polar surface area (TPSA) is 140 Å². The van der Waals surface area contributed by atoms with Crippen LogP contribution in [0.2, 0.25) is 0 Å². The molecule has 0 saturated heterocycles. The van der Waals surface area contributed by atoms with Crippen LogP contribution in [0, 0.1) is 5.92 Å². The Labute approximate surface area is 196 Å². The predicted octanol–water partition coefficient (Wildman–Crippen LogP) is 3.13. The Balaban J connectivity index is 1.66. The molecule has 11 nitrogen and oxygen atoms in total. The number of aromatic nitrogens is 3. The SMILES string of the molecule is CCOCc1nc(-c2cccc(Nc3cc(NC(=O)C4CC4)ncc3C(=O)NC)c2OC)no1. The standard InChI is InChI=1S/C23H26N6O5/c1-4-33-12-19-28-21(29-34-19)14-6-5-7-16(20(14)32-3)26-17-10-18(27-22(30)13-8-9-13)25-11-15(17)23(31)24-2/h5-7,10-11,13H,4,8-9,12H2,1-3H3,(H,24,31)(H2,25,26,27,30). The second-order valence-electron chi connectivity index (χ2n) is 7.62. The van der Waals surface area contributed by atoms with E-state index in [0.717, 1.165) is 12.8 Å². The van der Waals surface area contributed by atoms with Gasteiger partial charge in [0.25, 0.3) is 11.8 Å². The monoisotopic (exact) mass is 466 g/mol. The summed E-state index contributed by atoms with van der Waals surface area (Å²) in [6, 6.07) is 7.01. The van der Waals surface area contributed by atoms with Gasteiger partial charge in [-0.15, -0.1) is 0 Å². The minimum absolute atomic E-state index is 0.0242. The van der Waals surface area contributed by atoms with Crippen LogP contribution in [0.5, 0.6) is 5.75 Å². The van der Waals surface area contributed by atoms with Gasteiger partial charge in [0, 0.05) is 31.8 Å². The molecular formula is C23H26N6O5. The van der Waals surface area contributed by atoms with E-state index in [4.69, 9.17) is 14.0 Å². The number of carbonyl (C=O) groups is 2. The molecule has 0 radical (unpaired) electrons. The van der Waals surface area contributed by atoms with Crippen molar-refractivity contribution in [1.82, 2.24) is 20.4 Å². The largest absolute Gasteiger partial charge is 0.494 e. The summed E-state index contributed by atoms with van der Waals surface area (Å²) >= 11 is 0. The van der Waals surface area contributed by atoms with Gasteiger partial charge in [0.1, 0.15) is 12.4 Å². The summed E-state index contributed by atoms with van der Waals surface area (Å²) in [7, 11) is 3.06. The highest BCUT2D eigenvalue weighted by atomic mass is 16.5. The minimum Gasteiger partial charge on any atom is -0.494 e. The molecule has 0 aliphatic heterocycles. The summed E-state index contributed by atoms with van der Waals surface area (Å²) < 4.78 is 16.2. The van der Waals surface area contributed by atoms with E-state index in [-0.39, 0.29) is 24.3 Å². The van der Waals surface area contributed by atoms with Crippen LogP contribution in [-0.4, -0.2) is 47.7 Å². The lowest BCUT2D eigenvalue weighted by atomic mass is 10.1. The van der Waals surface area contributed by atoms with Crippen molar-refractivity contribution in [1.29, 1.82) is 0 Å². The molecule has 2 heterocycles. The molecule has 3 aromatic rings. The van der Waals surface area contributed by atoms with Crippen molar-refractivity contribution in [3.05, 3.63) is 41.9 Å². The highest BCUT2D eigenvalue weighted by Crippen LogP contribution is 2.38. The van der Waals surface area contributed by atoms with Crippen molar-refractivity contribution in [2.45, 2.75) is 26.4 Å². The van der Waals surface area contributed by atoms with E-state index in [2.05, 4.69) is 31.1 Å². The van der Waals surface area contributed by atoms with Crippen LogP contribution in [0.4, 0.5) is 17.2 Å². The van der Waals surface area contributed by atoms with Gasteiger partial charge < -0.3 is 29.9 Å². The zero-order chi connectivity index (χ0) is 24.1. The second kappa shape index (κ2) is 10.3. The van der Waals surface area contributed by atoms with Gasteiger partial charge in [-0.1, -0.05) is 11.2 Å². The zero-order valence-corrected chi connectivity index (χ0v) is 19.2. The summed E-state index contributed by atoms with van der Waals surface area (Å²) in [6.07, 6.45) is 3.17. The number of hydrogen-bond acceptors (Lipinski definition) is 9. The van der Waals surface area contributed by atoms with Gasteiger partial charge in [-0.3, -0.25) is 9.59 Å². The van der Waals surface area contributed by atoms with E-state index in [9.17, 15) is 9.59 Å². The number of rotatable bonds is 10. The molecule has 2 amide bonds. The summed E-state index contributed by atoms with van der Waals surface area (Å²) in [5.74, 6) is 1.11. The number of ether oxygens (including phenoxy) is 2. The third-order valence-electron chi connectivity index (χ3n) is 5.20. The maximum atomic E-state index is 12.5. The number of nitrogens with zero attached hydrogens (tertiary/aromatic N) is 3. The first-order valence-corrected chi connectivity index (χ1v) is 10.9. The normalized spacial score (nSPS) is 12.8. The Morgan fingerprint density at radius 1 is 1.24 bits per heavy atom. The Morgan fingerprint density at radius 2 is 2.06 bits per heavy atom. The maximum absolute atomic E-state index is 12.5. The average Bonchev–Trinajstić information content (AvgIpc) is 3.60. The van der Waals surface area contributed by atoms with Crippen molar-refractivity contribution in [2.24, 2.45) is 5.92 Å². The number of benzene rings is 1. The molecule has 1 aromatic carbocycles. The molecule has 1 aliphatic carbocycles. The second-order valence-corrected chi connectivity index (χ2v) is 7.62. The molecule has 34 heavy (non-hydrogen) atoms. The molecular weight excluding hydrogens is 440 g/mol. The fraction of sp³-hybridized carbons (Fsp3) is 0.348. The molecule has 1 saturated carbocycles. The molecule has 3 N–H and O–H groups in total. The van der Waals surface area contributed by atoms with E-state index < -0.39 is 0 Å². The summed E-state index contributed by atoms with van der Waals surface area (Å²) in [5, 5.41) is 12.7. The Kier molecular flexibility index (Phi) is 7.02. The molecule has 2 aromatic heterocycles. The Bertz CT molecular complexity index is 1190. The number of hydrogen-bond donors (Lipinski definition) is 3. The average molecular weight is 466 g/mol. The highest BCUT2D eigenvalue weighted by molar-refractivity contribution is 6.01. The van der Waals surface area contributed by atoms with Crippen LogP contribution in [0.1, 0.15) is 36.0 Å². The number of amides is 2. The van der Waals surface area contributed by atoms with Crippen LogP contribution in [0.15, 0.2) is 35.0 Å². The van der Waals surface area contributed by atoms with Gasteiger partial charge in [0.2, 0.25) is 11.7 Å². The minimum atomic E-state index is -0.330. The lowest BCUT2D eigenvalue weighted by Gasteiger charge is -2.16. The lowest BCUT2D eigenvalue weighted by molar-refractivity contribution is -0.117. The summed E-state index contributed by atoms with van der Waals surface area (Å²) in [4.78, 5) is 33.2. The number of methoxy groups -OCH3 is 1. The van der Waals surface area contributed by atoms with Crippen LogP contribution >= 0.6 is 0 Å². The van der Waals surface area contributed by atoms with Crippen LogP contribution in [-0.2, 0) is 16.1 Å². The Morgan fingerprint density at radius 3 is 2.76 bits per heavy atom. The lowest BCUT2D eigenvalue weighted by Crippen LogP contribution is -2.20. The fourth-order valence-corrected chi connectivity index (χ4v) is 3.31. The van der Waals surface area contributed by atoms with Crippen molar-refractivity contribution in [3.63, 3.8) is 0 Å². The third kappa shape index (κ3) is 5.15. The van der Waals surface area contributed by atoms with Crippen molar-refractivity contribution < 1.29 is 23.6 Å². The van der Waals surface area contributed by atoms with Gasteiger partial charge in [0.05, 0.1) is 29.6 Å². The van der Waals surface area contributed by atoms with E-state index in [1.807, 2.05) is 6.92 Å². The summed E-state index contributed by atoms with van der Waals surface area (Å²) in [6.45, 7) is 2.62. The molecule has 4 rings (SSSR count). The highest BCUT2D eigenvalue weighted by Gasteiger charge is 2.30. The van der Waals surface area contributed by atoms with Gasteiger partial charge in [-0.25, -0.2) is 4.98 Å². The van der Waals surface area contributed by atoms with E-state index in [0.29, 0.717) is 52.4 Å². The Hall–Kier alpha value is -3.99. The van der Waals surface area contributed by atoms with Crippen LogP contribution < -0.4 is 20.7 Å². The van der Waals surface area contributed by atoms with Crippen LogP contribution in [0.3, 0.4) is 0 Å². The maximum Gasteiger partial charge on any atom is 0.254 e. The van der Waals surface area contributed by atoms with Gasteiger partial charge in [-0.05, 0) is 31.9 Å². The number of carbonyl (C=O) groups excluding carboxylic acids is 2. The number of para-hydroxylation sites is 1. The van der Waals surface area contributed by atoms with Crippen LogP contribution in [0.25, 0.3) is 11.4 Å². The smallest absolute Gasteiger partial charge is 0.254 e. The molecule has 11 heteroatoms. The van der Waals surface area contributed by atoms with Gasteiger partial charge in [-0.2, -0.15) is 4.98 Å². The molecule has 1 fully saturated rings. The van der Waals surface area contributed by atoms with Crippen molar-refractivity contribution in [3.8, 4) is 17.1 Å². The molecule has 0 atom stereocenters. The number of anilines is 3. The van der Waals surface area contributed by atoms with E-state index in [1.165, 1.54) is 20.4 Å². The number of pyridine rings is 1. The predicted molar refractivity (Wildman–Crippen MR) is 124 cm³/mol. The molecule has 178 valence electrons. The van der Waals surface area contributed by atoms with Gasteiger partial charge in [0.15, 0.2) is 5.75 Å². The molecule has 0 spiro atoms. The number of nitrogens with one attached hydrogen (secondary N) is 3. The van der Waals surface area contributed by atoms with Gasteiger partial charge >= 0.3 is 0 Å². The van der Waals surface area contributed by atoms with E-state index >= 15 is 0 Å². The van der Waals surface area contributed by atoms with Crippen molar-refractivity contribution >= 4 is 29.0 Å². The fourth-order valence-electron chi connectivity index (χ4n) is 3.31. The first kappa shape index (κ1) is 23.2. The third-order valence-corrected chi connectivity index (χ3v) is 5.20. The summed E-state index contributed by atoms with van der Waals surface area (Å²) in [5.41, 5.74) is 1.91. The molecule has 0 unspecified atom stereocenters. The van der Waals surface area contributed by atoms with E-state index in [1.54, 1.807) is 24.3 Å². The van der Waals surface area contributed by atoms with Crippen molar-refractivity contribution in [2.75, 3.05) is 31.4 Å². The molecule has 0 bridgehead atoms. The zero-order valence-electron chi connectivity index (χ0n) is 19.2. The molecule has 1 aliphatic rings. The first-order chi connectivity index (χ1) is 16.5.